The van der Waals surface area contributed by atoms with E-state index in [-0.39, 0.29) is 16.9 Å². The summed E-state index contributed by atoms with van der Waals surface area (Å²) in [7, 11) is 3.77. The first-order valence-electron chi connectivity index (χ1n) is 7.17. The standard InChI is InChI=1S/C17H16N2O6/c1-18-14(21)11(15(22)19(2)17(18)24)6-4-5-10-7-8-13(20)12(9-10)16(23)25-3/h4-9,20H,1-3H3. The molecule has 8 heteroatoms. The number of carbonyl (C=O) groups is 4. The van der Waals surface area contributed by atoms with Crippen molar-refractivity contribution in [2.75, 3.05) is 21.2 Å². The molecule has 0 atom stereocenters. The van der Waals surface area contributed by atoms with E-state index in [1.165, 1.54) is 51.6 Å². The number of methoxy groups -OCH3 is 1. The van der Waals surface area contributed by atoms with Crippen molar-refractivity contribution in [1.29, 1.82) is 0 Å². The van der Waals surface area contributed by atoms with Gasteiger partial charge in [0.15, 0.2) is 0 Å². The minimum Gasteiger partial charge on any atom is -0.507 e. The van der Waals surface area contributed by atoms with Crippen LogP contribution in [-0.2, 0) is 14.3 Å². The average molecular weight is 344 g/mol. The van der Waals surface area contributed by atoms with E-state index in [1.807, 2.05) is 0 Å². The van der Waals surface area contributed by atoms with Gasteiger partial charge in [-0.15, -0.1) is 0 Å². The number of imide groups is 2. The zero-order chi connectivity index (χ0) is 18.7. The van der Waals surface area contributed by atoms with Gasteiger partial charge in [0.25, 0.3) is 11.8 Å². The first-order chi connectivity index (χ1) is 11.8. The molecule has 0 spiro atoms. The van der Waals surface area contributed by atoms with Gasteiger partial charge in [0.2, 0.25) is 0 Å². The van der Waals surface area contributed by atoms with Crippen molar-refractivity contribution in [2.24, 2.45) is 0 Å². The van der Waals surface area contributed by atoms with Crippen LogP contribution in [0.15, 0.2) is 35.9 Å². The topological polar surface area (TPSA) is 104 Å². The number of likely N-dealkylation sites (N-methyl/N-ethyl adjacent to an activating group) is 2. The molecule has 4 amide bonds. The number of rotatable bonds is 3. The van der Waals surface area contributed by atoms with Crippen LogP contribution in [0.3, 0.4) is 0 Å². The fourth-order valence-electron chi connectivity index (χ4n) is 2.18. The summed E-state index contributed by atoms with van der Waals surface area (Å²) in [5.41, 5.74) is 0.378. The van der Waals surface area contributed by atoms with Crippen LogP contribution in [0.25, 0.3) is 6.08 Å². The summed E-state index contributed by atoms with van der Waals surface area (Å²) in [5.74, 6) is -2.30. The molecule has 1 aliphatic heterocycles. The van der Waals surface area contributed by atoms with E-state index in [0.29, 0.717) is 5.56 Å². The van der Waals surface area contributed by atoms with E-state index in [9.17, 15) is 24.3 Å². The Morgan fingerprint density at radius 3 is 2.28 bits per heavy atom. The number of allylic oxidation sites excluding steroid dienone is 2. The Bertz CT molecular complexity index is 798. The molecule has 25 heavy (non-hydrogen) atoms. The second-order valence-corrected chi connectivity index (χ2v) is 5.22. The lowest BCUT2D eigenvalue weighted by Gasteiger charge is -2.28. The van der Waals surface area contributed by atoms with Crippen LogP contribution < -0.4 is 0 Å². The quantitative estimate of drug-likeness (QED) is 0.501. The van der Waals surface area contributed by atoms with Crippen LogP contribution in [0.2, 0.25) is 0 Å². The van der Waals surface area contributed by atoms with Crippen LogP contribution in [0, 0.1) is 0 Å². The molecular weight excluding hydrogens is 328 g/mol. The molecule has 0 saturated carbocycles. The molecule has 1 heterocycles. The second-order valence-electron chi connectivity index (χ2n) is 5.22. The third kappa shape index (κ3) is 3.42. The average Bonchev–Trinajstić information content (AvgIpc) is 2.61. The minimum atomic E-state index is -0.697. The molecule has 0 aliphatic carbocycles. The Morgan fingerprint density at radius 1 is 1.12 bits per heavy atom. The third-order valence-corrected chi connectivity index (χ3v) is 3.62. The van der Waals surface area contributed by atoms with Crippen LogP contribution in [0.4, 0.5) is 4.79 Å². The van der Waals surface area contributed by atoms with Crippen LogP contribution in [-0.4, -0.2) is 59.9 Å². The Hall–Kier alpha value is -3.42. The summed E-state index contributed by atoms with van der Waals surface area (Å²) in [6.07, 6.45) is 4.26. The highest BCUT2D eigenvalue weighted by atomic mass is 16.5. The molecule has 130 valence electrons. The maximum Gasteiger partial charge on any atom is 0.341 e. The van der Waals surface area contributed by atoms with Gasteiger partial charge in [-0.1, -0.05) is 18.2 Å². The number of esters is 1. The van der Waals surface area contributed by atoms with E-state index in [2.05, 4.69) is 4.74 Å². The Labute approximate surface area is 143 Å². The molecule has 1 fully saturated rings. The molecule has 1 aromatic rings. The molecule has 0 unspecified atom stereocenters. The summed E-state index contributed by atoms with van der Waals surface area (Å²) in [6.45, 7) is 0. The van der Waals surface area contributed by atoms with Gasteiger partial charge in [-0.25, -0.2) is 9.59 Å². The first kappa shape index (κ1) is 17.9. The summed E-state index contributed by atoms with van der Waals surface area (Å²) in [4.78, 5) is 48.9. The van der Waals surface area contributed by atoms with Gasteiger partial charge < -0.3 is 9.84 Å². The van der Waals surface area contributed by atoms with E-state index in [1.54, 1.807) is 6.07 Å². The lowest BCUT2D eigenvalue weighted by atomic mass is 10.1. The van der Waals surface area contributed by atoms with Gasteiger partial charge in [-0.2, -0.15) is 0 Å². The molecule has 2 rings (SSSR count). The Balaban J connectivity index is 2.29. The highest BCUT2D eigenvalue weighted by Gasteiger charge is 2.37. The van der Waals surface area contributed by atoms with Gasteiger partial charge in [0, 0.05) is 14.1 Å². The van der Waals surface area contributed by atoms with Crippen molar-refractivity contribution in [3.05, 3.63) is 47.1 Å². The zero-order valence-electron chi connectivity index (χ0n) is 13.8. The maximum absolute atomic E-state index is 12.0. The molecule has 1 aromatic carbocycles. The Kier molecular flexibility index (Phi) is 5.02. The Morgan fingerprint density at radius 2 is 1.72 bits per heavy atom. The number of barbiturate groups is 1. The highest BCUT2D eigenvalue weighted by molar-refractivity contribution is 6.28. The monoisotopic (exact) mass is 344 g/mol. The zero-order valence-corrected chi connectivity index (χ0v) is 13.8. The molecule has 8 nitrogen and oxygen atoms in total. The third-order valence-electron chi connectivity index (χ3n) is 3.62. The molecular formula is C17H16N2O6. The van der Waals surface area contributed by atoms with Crippen molar-refractivity contribution >= 4 is 29.9 Å². The summed E-state index contributed by atoms with van der Waals surface area (Å²) >= 11 is 0. The van der Waals surface area contributed by atoms with Crippen LogP contribution in [0.1, 0.15) is 15.9 Å². The van der Waals surface area contributed by atoms with Crippen molar-refractivity contribution < 1.29 is 29.0 Å². The molecule has 1 saturated heterocycles. The SMILES string of the molecule is COC(=O)c1cc(C=CC=C2C(=O)N(C)C(=O)N(C)C2=O)ccc1O. The smallest absolute Gasteiger partial charge is 0.341 e. The molecule has 0 radical (unpaired) electrons. The largest absolute Gasteiger partial charge is 0.507 e. The number of hydrogen-bond donors (Lipinski definition) is 1. The molecule has 0 aromatic heterocycles. The van der Waals surface area contributed by atoms with E-state index >= 15 is 0 Å². The van der Waals surface area contributed by atoms with Crippen LogP contribution in [0.5, 0.6) is 5.75 Å². The number of urea groups is 1. The second kappa shape index (κ2) is 7.00. The summed E-state index contributed by atoms with van der Waals surface area (Å²) in [6, 6.07) is 3.58. The lowest BCUT2D eigenvalue weighted by molar-refractivity contribution is -0.134. The summed E-state index contributed by atoms with van der Waals surface area (Å²) < 4.78 is 4.57. The highest BCUT2D eigenvalue weighted by Crippen LogP contribution is 2.20. The predicted octanol–water partition coefficient (Wildman–Crippen LogP) is 1.17. The van der Waals surface area contributed by atoms with Crippen molar-refractivity contribution in [3.63, 3.8) is 0 Å². The molecule has 0 bridgehead atoms. The van der Waals surface area contributed by atoms with Gasteiger partial charge in [-0.3, -0.25) is 19.4 Å². The first-order valence-corrected chi connectivity index (χ1v) is 7.17. The molecule has 1 aliphatic rings. The normalized spacial score (nSPS) is 15.2. The molecule has 1 N–H and O–H groups in total. The van der Waals surface area contributed by atoms with E-state index < -0.39 is 23.8 Å². The summed E-state index contributed by atoms with van der Waals surface area (Å²) in [5, 5.41) is 9.65. The number of amides is 4. The minimum absolute atomic E-state index is 0.00724. The number of aromatic hydroxyl groups is 1. The van der Waals surface area contributed by atoms with Crippen molar-refractivity contribution in [1.82, 2.24) is 9.80 Å². The van der Waals surface area contributed by atoms with E-state index in [0.717, 1.165) is 9.80 Å². The van der Waals surface area contributed by atoms with Gasteiger partial charge in [-0.05, 0) is 23.8 Å². The fraction of sp³-hybridized carbons (Fsp3) is 0.176. The van der Waals surface area contributed by atoms with Gasteiger partial charge >= 0.3 is 12.0 Å². The number of nitrogens with zero attached hydrogens (tertiary/aromatic N) is 2. The van der Waals surface area contributed by atoms with Crippen molar-refractivity contribution in [2.45, 2.75) is 0 Å². The number of hydrogen-bond acceptors (Lipinski definition) is 6. The number of benzene rings is 1. The number of phenolic OH excluding ortho intramolecular Hbond substituents is 1. The van der Waals surface area contributed by atoms with Crippen molar-refractivity contribution in [3.8, 4) is 5.75 Å². The number of ether oxygens (including phenoxy) is 1. The fourth-order valence-corrected chi connectivity index (χ4v) is 2.18. The number of phenols is 1. The van der Waals surface area contributed by atoms with Gasteiger partial charge in [0.1, 0.15) is 16.9 Å². The van der Waals surface area contributed by atoms with Gasteiger partial charge in [0.05, 0.1) is 7.11 Å². The lowest BCUT2D eigenvalue weighted by Crippen LogP contribution is -2.52. The van der Waals surface area contributed by atoms with Crippen LogP contribution >= 0.6 is 0 Å². The predicted molar refractivity (Wildman–Crippen MR) is 87.5 cm³/mol. The maximum atomic E-state index is 12.0. The number of carbonyl (C=O) groups excluding carboxylic acids is 4. The van der Waals surface area contributed by atoms with E-state index in [4.69, 9.17) is 0 Å².